The molecule has 0 aromatic heterocycles. The van der Waals surface area contributed by atoms with Crippen molar-refractivity contribution in [1.82, 2.24) is 0 Å². The van der Waals surface area contributed by atoms with Crippen LogP contribution in [0.5, 0.6) is 0 Å². The van der Waals surface area contributed by atoms with Gasteiger partial charge in [0.2, 0.25) is 0 Å². The summed E-state index contributed by atoms with van der Waals surface area (Å²) < 4.78 is 0. The monoisotopic (exact) mass is 226 g/mol. The number of rotatable bonds is 3. The number of aliphatic carboxylic acids is 1. The predicted octanol–water partition coefficient (Wildman–Crippen LogP) is 3.35. The lowest BCUT2D eigenvalue weighted by molar-refractivity contribution is -0.137. The summed E-state index contributed by atoms with van der Waals surface area (Å²) in [6.07, 6.45) is 2.25. The maximum atomic E-state index is 10.9. The molecule has 0 atom stereocenters. The second-order valence-electron chi connectivity index (χ2n) is 4.91. The molecule has 1 fully saturated rings. The molecule has 1 saturated carbocycles. The topological polar surface area (TPSA) is 37.3 Å². The molecule has 17 heavy (non-hydrogen) atoms. The Bertz CT molecular complexity index is 582. The van der Waals surface area contributed by atoms with Gasteiger partial charge in [0.15, 0.2) is 0 Å². The fraction of sp³-hybridized carbons (Fsp3) is 0.267. The van der Waals surface area contributed by atoms with E-state index in [1.807, 2.05) is 12.1 Å². The minimum atomic E-state index is -0.698. The molecule has 2 aromatic carbocycles. The molecule has 0 saturated heterocycles. The first-order valence-electron chi connectivity index (χ1n) is 5.91. The number of benzene rings is 2. The van der Waals surface area contributed by atoms with E-state index in [-0.39, 0.29) is 11.8 Å². The quantitative estimate of drug-likeness (QED) is 0.871. The molecule has 0 spiro atoms. The van der Waals surface area contributed by atoms with Crippen LogP contribution in [-0.2, 0) is 10.2 Å². The Morgan fingerprint density at radius 3 is 2.47 bits per heavy atom. The van der Waals surface area contributed by atoms with Crippen molar-refractivity contribution in [2.75, 3.05) is 0 Å². The van der Waals surface area contributed by atoms with Gasteiger partial charge in [-0.05, 0) is 29.2 Å². The molecular weight excluding hydrogens is 212 g/mol. The first-order chi connectivity index (χ1) is 8.20. The minimum absolute atomic E-state index is 0.0874. The SMILES string of the molecule is O=C(O)CC1(c2ccc3ccccc3c2)CC1. The molecule has 1 aliphatic carbocycles. The van der Waals surface area contributed by atoms with Crippen molar-refractivity contribution < 1.29 is 9.90 Å². The Labute approximate surface area is 99.9 Å². The van der Waals surface area contributed by atoms with E-state index < -0.39 is 5.97 Å². The summed E-state index contributed by atoms with van der Waals surface area (Å²) >= 11 is 0. The molecule has 0 heterocycles. The van der Waals surface area contributed by atoms with E-state index in [1.54, 1.807) is 0 Å². The van der Waals surface area contributed by atoms with Crippen LogP contribution in [0, 0.1) is 0 Å². The Kier molecular flexibility index (Phi) is 2.18. The standard InChI is InChI=1S/C15H14O2/c16-14(17)10-15(7-8-15)13-6-5-11-3-1-2-4-12(11)9-13/h1-6,9H,7-8,10H2,(H,16,17). The molecule has 3 rings (SSSR count). The highest BCUT2D eigenvalue weighted by molar-refractivity contribution is 5.83. The van der Waals surface area contributed by atoms with Crippen molar-refractivity contribution in [3.8, 4) is 0 Å². The summed E-state index contributed by atoms with van der Waals surface area (Å²) in [5, 5.41) is 11.4. The van der Waals surface area contributed by atoms with Crippen molar-refractivity contribution in [3.05, 3.63) is 48.0 Å². The van der Waals surface area contributed by atoms with Gasteiger partial charge in [0.1, 0.15) is 0 Å². The molecular formula is C15H14O2. The van der Waals surface area contributed by atoms with Crippen LogP contribution in [0.25, 0.3) is 10.8 Å². The van der Waals surface area contributed by atoms with E-state index in [0.717, 1.165) is 12.8 Å². The maximum Gasteiger partial charge on any atom is 0.304 e. The molecule has 2 aromatic rings. The molecule has 1 aliphatic rings. The highest BCUT2D eigenvalue weighted by Crippen LogP contribution is 2.51. The van der Waals surface area contributed by atoms with E-state index in [0.29, 0.717) is 0 Å². The zero-order valence-electron chi connectivity index (χ0n) is 9.52. The summed E-state index contributed by atoms with van der Waals surface area (Å²) in [5.74, 6) is -0.698. The Morgan fingerprint density at radius 2 is 1.82 bits per heavy atom. The second kappa shape index (κ2) is 3.59. The van der Waals surface area contributed by atoms with Crippen molar-refractivity contribution in [1.29, 1.82) is 0 Å². The molecule has 0 radical (unpaired) electrons. The highest BCUT2D eigenvalue weighted by atomic mass is 16.4. The van der Waals surface area contributed by atoms with E-state index >= 15 is 0 Å². The summed E-state index contributed by atoms with van der Waals surface area (Å²) in [4.78, 5) is 10.9. The number of hydrogen-bond acceptors (Lipinski definition) is 1. The lowest BCUT2D eigenvalue weighted by Crippen LogP contribution is -2.12. The van der Waals surface area contributed by atoms with Crippen LogP contribution in [0.15, 0.2) is 42.5 Å². The van der Waals surface area contributed by atoms with Gasteiger partial charge in [0, 0.05) is 5.41 Å². The molecule has 86 valence electrons. The summed E-state index contributed by atoms with van der Waals surface area (Å²) in [6, 6.07) is 14.5. The lowest BCUT2D eigenvalue weighted by atomic mass is 9.91. The van der Waals surface area contributed by atoms with Crippen molar-refractivity contribution in [3.63, 3.8) is 0 Å². The average molecular weight is 226 g/mol. The second-order valence-corrected chi connectivity index (χ2v) is 4.91. The van der Waals surface area contributed by atoms with E-state index in [4.69, 9.17) is 5.11 Å². The number of carboxylic acids is 1. The summed E-state index contributed by atoms with van der Waals surface area (Å²) in [6.45, 7) is 0. The zero-order valence-corrected chi connectivity index (χ0v) is 9.52. The van der Waals surface area contributed by atoms with Crippen molar-refractivity contribution in [2.45, 2.75) is 24.7 Å². The minimum Gasteiger partial charge on any atom is -0.481 e. The van der Waals surface area contributed by atoms with Gasteiger partial charge in [-0.25, -0.2) is 0 Å². The number of carbonyl (C=O) groups is 1. The third-order valence-electron chi connectivity index (χ3n) is 3.71. The van der Waals surface area contributed by atoms with Gasteiger partial charge >= 0.3 is 5.97 Å². The predicted molar refractivity (Wildman–Crippen MR) is 67.1 cm³/mol. The number of carboxylic acid groups (broad SMARTS) is 1. The molecule has 0 amide bonds. The molecule has 1 N–H and O–H groups in total. The Balaban J connectivity index is 2.03. The van der Waals surface area contributed by atoms with Crippen LogP contribution in [0.2, 0.25) is 0 Å². The zero-order chi connectivity index (χ0) is 11.9. The van der Waals surface area contributed by atoms with Crippen molar-refractivity contribution in [2.24, 2.45) is 0 Å². The molecule has 0 aliphatic heterocycles. The maximum absolute atomic E-state index is 10.9. The smallest absolute Gasteiger partial charge is 0.304 e. The van der Waals surface area contributed by atoms with Crippen LogP contribution < -0.4 is 0 Å². The van der Waals surface area contributed by atoms with Gasteiger partial charge in [-0.3, -0.25) is 4.79 Å². The summed E-state index contributed by atoms with van der Waals surface area (Å²) in [7, 11) is 0. The van der Waals surface area contributed by atoms with E-state index in [9.17, 15) is 4.79 Å². The average Bonchev–Trinajstić information content (AvgIpc) is 3.08. The third-order valence-corrected chi connectivity index (χ3v) is 3.71. The molecule has 2 heteroatoms. The van der Waals surface area contributed by atoms with Gasteiger partial charge in [0.05, 0.1) is 6.42 Å². The van der Waals surface area contributed by atoms with Crippen LogP contribution in [0.3, 0.4) is 0 Å². The fourth-order valence-corrected chi connectivity index (χ4v) is 2.53. The van der Waals surface area contributed by atoms with Crippen molar-refractivity contribution >= 4 is 16.7 Å². The lowest BCUT2D eigenvalue weighted by Gasteiger charge is -2.13. The van der Waals surface area contributed by atoms with Crippen LogP contribution in [0.1, 0.15) is 24.8 Å². The third kappa shape index (κ3) is 1.80. The van der Waals surface area contributed by atoms with E-state index in [2.05, 4.69) is 30.3 Å². The van der Waals surface area contributed by atoms with E-state index in [1.165, 1.54) is 16.3 Å². The molecule has 0 unspecified atom stereocenters. The highest BCUT2D eigenvalue weighted by Gasteiger charge is 2.45. The van der Waals surface area contributed by atoms with Gasteiger partial charge in [-0.15, -0.1) is 0 Å². The number of fused-ring (bicyclic) bond motifs is 1. The fourth-order valence-electron chi connectivity index (χ4n) is 2.53. The summed E-state index contributed by atoms with van der Waals surface area (Å²) in [5.41, 5.74) is 1.09. The molecule has 2 nitrogen and oxygen atoms in total. The van der Waals surface area contributed by atoms with Gasteiger partial charge in [-0.1, -0.05) is 42.5 Å². The normalized spacial score (nSPS) is 16.9. The number of hydrogen-bond donors (Lipinski definition) is 1. The Morgan fingerprint density at radius 1 is 1.12 bits per heavy atom. The van der Waals surface area contributed by atoms with Crippen LogP contribution in [0.4, 0.5) is 0 Å². The largest absolute Gasteiger partial charge is 0.481 e. The first kappa shape index (κ1) is 10.3. The van der Waals surface area contributed by atoms with Crippen LogP contribution >= 0.6 is 0 Å². The van der Waals surface area contributed by atoms with Gasteiger partial charge in [0.25, 0.3) is 0 Å². The van der Waals surface area contributed by atoms with Crippen LogP contribution in [-0.4, -0.2) is 11.1 Å². The molecule has 0 bridgehead atoms. The Hall–Kier alpha value is -1.83. The first-order valence-corrected chi connectivity index (χ1v) is 5.91. The van der Waals surface area contributed by atoms with Gasteiger partial charge in [-0.2, -0.15) is 0 Å². The van der Waals surface area contributed by atoms with Gasteiger partial charge < -0.3 is 5.11 Å².